The molecule has 3 N–H and O–H groups in total. The number of hydrogen-bond acceptors (Lipinski definition) is 9. The lowest BCUT2D eigenvalue weighted by Gasteiger charge is -2.46. The Morgan fingerprint density at radius 1 is 0.784 bits per heavy atom. The second-order valence-corrected chi connectivity index (χ2v) is 12.6. The van der Waals surface area contributed by atoms with E-state index in [0.29, 0.717) is 47.6 Å². The van der Waals surface area contributed by atoms with Crippen molar-refractivity contribution < 1.29 is 43.2 Å². The molecule has 2 bridgehead atoms. The molecule has 0 radical (unpaired) electrons. The summed E-state index contributed by atoms with van der Waals surface area (Å²) in [6.07, 6.45) is -0.256. The lowest BCUT2D eigenvalue weighted by Crippen LogP contribution is -2.57. The van der Waals surface area contributed by atoms with E-state index in [0.717, 1.165) is 0 Å². The zero-order valence-electron chi connectivity index (χ0n) is 29.0. The van der Waals surface area contributed by atoms with E-state index in [4.69, 9.17) is 23.7 Å². The van der Waals surface area contributed by atoms with Crippen molar-refractivity contribution in [2.45, 2.75) is 43.0 Å². The number of carbonyl (C=O) groups is 3. The van der Waals surface area contributed by atoms with Crippen molar-refractivity contribution in [2.75, 3.05) is 34.4 Å². The molecule has 11 heteroatoms. The monoisotopic (exact) mass is 694 g/mol. The van der Waals surface area contributed by atoms with Crippen LogP contribution in [0.15, 0.2) is 97.1 Å². The van der Waals surface area contributed by atoms with Crippen LogP contribution in [0.4, 0.5) is 0 Å². The summed E-state index contributed by atoms with van der Waals surface area (Å²) < 4.78 is 30.0. The van der Waals surface area contributed by atoms with Crippen LogP contribution in [0, 0.1) is 5.92 Å². The molecule has 4 aromatic rings. The number of benzene rings is 4. The summed E-state index contributed by atoms with van der Waals surface area (Å²) in [5, 5.41) is 19.3. The second kappa shape index (κ2) is 14.7. The van der Waals surface area contributed by atoms with Crippen LogP contribution in [0.1, 0.15) is 52.7 Å². The molecule has 2 aliphatic rings. The molecule has 4 aromatic carbocycles. The summed E-state index contributed by atoms with van der Waals surface area (Å²) in [5.74, 6) is -2.02. The van der Waals surface area contributed by atoms with Crippen molar-refractivity contribution in [3.63, 3.8) is 0 Å². The first kappa shape index (κ1) is 35.3. The fraction of sp³-hybridized carbons (Fsp3) is 0.325. The summed E-state index contributed by atoms with van der Waals surface area (Å²) in [4.78, 5) is 40.1. The van der Waals surface area contributed by atoms with Gasteiger partial charge in [-0.05, 0) is 42.7 Å². The van der Waals surface area contributed by atoms with Crippen LogP contribution in [0.2, 0.25) is 0 Å². The number of unbranched alkanes of at least 4 members (excludes halogenated alkanes) is 1. The fourth-order valence-electron chi connectivity index (χ4n) is 7.56. The Balaban J connectivity index is 1.43. The molecule has 0 spiro atoms. The number of rotatable bonds is 13. The van der Waals surface area contributed by atoms with Crippen molar-refractivity contribution in [1.82, 2.24) is 10.6 Å². The van der Waals surface area contributed by atoms with Gasteiger partial charge >= 0.3 is 5.97 Å². The Morgan fingerprint density at radius 2 is 1.41 bits per heavy atom. The average molecular weight is 695 g/mol. The quantitative estimate of drug-likeness (QED) is 0.132. The van der Waals surface area contributed by atoms with Gasteiger partial charge in [-0.25, -0.2) is 0 Å². The largest absolute Gasteiger partial charge is 0.497 e. The number of carbonyl (C=O) groups excluding carboxylic acids is 3. The van der Waals surface area contributed by atoms with Gasteiger partial charge in [-0.3, -0.25) is 14.4 Å². The van der Waals surface area contributed by atoms with Gasteiger partial charge in [-0.15, -0.1) is 0 Å². The van der Waals surface area contributed by atoms with Crippen LogP contribution < -0.4 is 29.6 Å². The molecule has 2 amide bonds. The molecule has 1 aliphatic carbocycles. The van der Waals surface area contributed by atoms with E-state index in [1.807, 2.05) is 36.4 Å². The zero-order valence-corrected chi connectivity index (χ0v) is 29.0. The number of ether oxygens (including phenoxy) is 5. The first-order chi connectivity index (χ1) is 24.7. The highest BCUT2D eigenvalue weighted by molar-refractivity contribution is 5.94. The third kappa shape index (κ3) is 6.33. The number of nitrogens with one attached hydrogen (secondary N) is 2. The van der Waals surface area contributed by atoms with E-state index in [1.165, 1.54) is 21.1 Å². The maximum atomic E-state index is 14.7. The van der Waals surface area contributed by atoms with Gasteiger partial charge in [0.1, 0.15) is 23.0 Å². The lowest BCUT2D eigenvalue weighted by atomic mass is 9.75. The number of aliphatic hydroxyl groups is 1. The van der Waals surface area contributed by atoms with Gasteiger partial charge in [0.25, 0.3) is 5.91 Å². The number of amides is 2. The highest BCUT2D eigenvalue weighted by atomic mass is 16.6. The molecule has 11 nitrogen and oxygen atoms in total. The van der Waals surface area contributed by atoms with E-state index in [1.54, 1.807) is 67.8 Å². The summed E-state index contributed by atoms with van der Waals surface area (Å²) >= 11 is 0. The van der Waals surface area contributed by atoms with Crippen molar-refractivity contribution in [1.29, 1.82) is 0 Å². The van der Waals surface area contributed by atoms with Gasteiger partial charge in [-0.2, -0.15) is 0 Å². The topological polar surface area (TPSA) is 142 Å². The first-order valence-corrected chi connectivity index (χ1v) is 16.8. The molecule has 51 heavy (non-hydrogen) atoms. The smallest absolute Gasteiger partial charge is 0.303 e. The number of methoxy groups -OCH3 is 3. The molecule has 5 atom stereocenters. The van der Waals surface area contributed by atoms with E-state index < -0.39 is 41.0 Å². The second-order valence-electron chi connectivity index (χ2n) is 12.6. The van der Waals surface area contributed by atoms with E-state index >= 15 is 0 Å². The molecular weight excluding hydrogens is 652 g/mol. The van der Waals surface area contributed by atoms with Crippen molar-refractivity contribution >= 4 is 17.8 Å². The highest BCUT2D eigenvalue weighted by Crippen LogP contribution is 2.69. The van der Waals surface area contributed by atoms with Gasteiger partial charge in [0, 0.05) is 49.2 Å². The minimum Gasteiger partial charge on any atom is -0.497 e. The average Bonchev–Trinajstić information content (AvgIpc) is 3.30. The molecule has 266 valence electrons. The van der Waals surface area contributed by atoms with Crippen LogP contribution in [0.3, 0.4) is 0 Å². The Labute approximate surface area is 296 Å². The molecule has 1 aliphatic heterocycles. The van der Waals surface area contributed by atoms with Crippen molar-refractivity contribution in [2.24, 2.45) is 5.92 Å². The van der Waals surface area contributed by atoms with Crippen LogP contribution >= 0.6 is 0 Å². The Kier molecular flexibility index (Phi) is 10.2. The maximum Gasteiger partial charge on any atom is 0.303 e. The maximum absolute atomic E-state index is 14.7. The van der Waals surface area contributed by atoms with Crippen molar-refractivity contribution in [3.8, 4) is 23.0 Å². The summed E-state index contributed by atoms with van der Waals surface area (Å²) in [7, 11) is 4.50. The molecule has 6 rings (SSSR count). The highest BCUT2D eigenvalue weighted by Gasteiger charge is 2.78. The predicted molar refractivity (Wildman–Crippen MR) is 188 cm³/mol. The van der Waals surface area contributed by atoms with Crippen LogP contribution in [0.25, 0.3) is 0 Å². The van der Waals surface area contributed by atoms with Gasteiger partial charge in [-0.1, -0.05) is 60.7 Å². The standard InChI is InChI=1S/C40H42N2O9/c1-25(43)50-38-39(46)34-31(49-4)23-30(48-3)24-32(34)51-40(38,28-17-19-29(47-2)20-18-28)33(26-13-7-5-8-14-26)35(39)37(45)42-22-12-11-21-41-36(44)27-15-9-6-10-16-27/h5-10,13-20,23-24,33,35,38,46H,11-12,21-22H2,1-4H3,(H,41,44)(H,42,45)/t33-,35+,38-,39-,40-/m0/s1. The van der Waals surface area contributed by atoms with E-state index in [9.17, 15) is 19.5 Å². The molecule has 0 aromatic heterocycles. The van der Waals surface area contributed by atoms with Crippen LogP contribution in [-0.4, -0.2) is 63.4 Å². The van der Waals surface area contributed by atoms with Crippen LogP contribution in [0.5, 0.6) is 23.0 Å². The van der Waals surface area contributed by atoms with E-state index in [-0.39, 0.29) is 29.5 Å². The Hall–Kier alpha value is -5.55. The molecular formula is C40H42N2O9. The molecule has 0 unspecified atom stereocenters. The summed E-state index contributed by atoms with van der Waals surface area (Å²) in [6.45, 7) is 1.93. The zero-order chi connectivity index (χ0) is 36.2. The Morgan fingerprint density at radius 3 is 2.02 bits per heavy atom. The normalized spacial score (nSPS) is 22.9. The summed E-state index contributed by atoms with van der Waals surface area (Å²) in [6, 6.07) is 28.6. The lowest BCUT2D eigenvalue weighted by molar-refractivity contribution is -0.195. The molecule has 1 fully saturated rings. The first-order valence-electron chi connectivity index (χ1n) is 16.8. The third-order valence-corrected chi connectivity index (χ3v) is 9.72. The molecule has 1 heterocycles. The number of fused-ring (bicyclic) bond motifs is 4. The number of hydrogen-bond donors (Lipinski definition) is 3. The molecule has 0 saturated heterocycles. The third-order valence-electron chi connectivity index (χ3n) is 9.72. The minimum atomic E-state index is -2.15. The minimum absolute atomic E-state index is 0.170. The van der Waals surface area contributed by atoms with Gasteiger partial charge in [0.15, 0.2) is 17.3 Å². The van der Waals surface area contributed by atoms with Crippen molar-refractivity contribution in [3.05, 3.63) is 119 Å². The SMILES string of the molecule is COc1ccc([C@]23Oc4cc(OC)cc(OC)c4[C@](O)([C@@H](C(=O)NCCCCNC(=O)c4ccccc4)[C@@H]2c2ccccc2)[C@@H]3OC(C)=O)cc1. The Bertz CT molecular complexity index is 1870. The molecule has 1 saturated carbocycles. The fourth-order valence-corrected chi connectivity index (χ4v) is 7.56. The van der Waals surface area contributed by atoms with Gasteiger partial charge in [0.05, 0.1) is 32.8 Å². The predicted octanol–water partition coefficient (Wildman–Crippen LogP) is 4.86. The number of esters is 1. The van der Waals surface area contributed by atoms with E-state index in [2.05, 4.69) is 10.6 Å². The summed E-state index contributed by atoms with van der Waals surface area (Å²) in [5.41, 5.74) is -1.78. The van der Waals surface area contributed by atoms with Crippen LogP contribution in [-0.2, 0) is 25.5 Å². The van der Waals surface area contributed by atoms with Gasteiger partial charge in [0.2, 0.25) is 5.91 Å². The van der Waals surface area contributed by atoms with Gasteiger partial charge < -0.3 is 39.4 Å².